The first-order valence-corrected chi connectivity index (χ1v) is 9.73. The maximum Gasteiger partial charge on any atom is 0.247 e. The summed E-state index contributed by atoms with van der Waals surface area (Å²) in [5.41, 5.74) is 2.58. The molecule has 0 saturated heterocycles. The lowest BCUT2D eigenvalue weighted by Crippen LogP contribution is -2.37. The zero-order valence-electron chi connectivity index (χ0n) is 14.9. The van der Waals surface area contributed by atoms with Crippen molar-refractivity contribution in [3.05, 3.63) is 54.4 Å². The number of hydrogen-bond donors (Lipinski definition) is 0. The summed E-state index contributed by atoms with van der Waals surface area (Å²) in [7, 11) is 0. The highest BCUT2D eigenvalue weighted by Gasteiger charge is 2.35. The first-order valence-electron chi connectivity index (χ1n) is 8.50. The van der Waals surface area contributed by atoms with Crippen LogP contribution in [0.5, 0.6) is 5.88 Å². The van der Waals surface area contributed by atoms with Gasteiger partial charge < -0.3 is 4.74 Å². The second-order valence-corrected chi connectivity index (χ2v) is 6.58. The number of rotatable bonds is 3. The molecule has 7 nitrogen and oxygen atoms in total. The molecule has 2 aromatic heterocycles. The molecule has 1 aliphatic heterocycles. The Labute approximate surface area is 160 Å². The molecule has 1 aliphatic rings. The number of pyridine rings is 1. The Bertz CT molecular complexity index is 983. The van der Waals surface area contributed by atoms with Crippen LogP contribution >= 0.6 is 11.8 Å². The van der Waals surface area contributed by atoms with Gasteiger partial charge in [0, 0.05) is 18.2 Å². The van der Waals surface area contributed by atoms with Crippen molar-refractivity contribution in [2.45, 2.75) is 24.7 Å². The highest BCUT2D eigenvalue weighted by molar-refractivity contribution is 7.98. The molecule has 0 spiro atoms. The van der Waals surface area contributed by atoms with Crippen LogP contribution in [0.2, 0.25) is 0 Å². The lowest BCUT2D eigenvalue weighted by atomic mass is 10.1. The van der Waals surface area contributed by atoms with E-state index >= 15 is 0 Å². The predicted molar refractivity (Wildman–Crippen MR) is 102 cm³/mol. The molecule has 27 heavy (non-hydrogen) atoms. The Hall–Kier alpha value is -3.00. The fourth-order valence-corrected chi connectivity index (χ4v) is 3.25. The summed E-state index contributed by atoms with van der Waals surface area (Å²) in [5, 5.41) is 8.97. The minimum absolute atomic E-state index is 0.0797. The van der Waals surface area contributed by atoms with E-state index in [1.54, 1.807) is 11.1 Å². The van der Waals surface area contributed by atoms with Crippen LogP contribution in [-0.4, -0.2) is 32.3 Å². The van der Waals surface area contributed by atoms with Crippen LogP contribution < -0.4 is 9.64 Å². The van der Waals surface area contributed by atoms with E-state index in [2.05, 4.69) is 20.2 Å². The van der Waals surface area contributed by atoms with Crippen molar-refractivity contribution in [3.63, 3.8) is 0 Å². The average Bonchev–Trinajstić information content (AvgIpc) is 2.88. The summed E-state index contributed by atoms with van der Waals surface area (Å²) in [6.45, 7) is 1.82. The smallest absolute Gasteiger partial charge is 0.247 e. The first kappa shape index (κ1) is 17.4. The van der Waals surface area contributed by atoms with Gasteiger partial charge in [-0.15, -0.1) is 10.2 Å². The second kappa shape index (κ2) is 7.32. The molecule has 1 atom stereocenters. The number of aromatic nitrogens is 4. The summed E-state index contributed by atoms with van der Waals surface area (Å²) in [6.07, 6.45) is 3.13. The van der Waals surface area contributed by atoms with Crippen LogP contribution in [0.15, 0.2) is 53.8 Å². The number of amides is 1. The van der Waals surface area contributed by atoms with Crippen LogP contribution in [0, 0.1) is 0 Å². The second-order valence-electron chi connectivity index (χ2n) is 5.81. The van der Waals surface area contributed by atoms with Crippen molar-refractivity contribution in [3.8, 4) is 17.1 Å². The number of para-hydroxylation sites is 1. The van der Waals surface area contributed by atoms with Gasteiger partial charge in [-0.25, -0.2) is 0 Å². The highest BCUT2D eigenvalue weighted by atomic mass is 32.2. The molecular weight excluding hydrogens is 362 g/mol. The fraction of sp³-hybridized carbons (Fsp3) is 0.211. The van der Waals surface area contributed by atoms with E-state index in [0.717, 1.165) is 5.56 Å². The number of fused-ring (bicyclic) bond motifs is 3. The van der Waals surface area contributed by atoms with Gasteiger partial charge in [0.1, 0.15) is 5.69 Å². The summed E-state index contributed by atoms with van der Waals surface area (Å²) in [5.74, 6) is 0.257. The van der Waals surface area contributed by atoms with E-state index in [-0.39, 0.29) is 5.91 Å². The van der Waals surface area contributed by atoms with Crippen LogP contribution in [0.1, 0.15) is 25.3 Å². The molecule has 3 heterocycles. The van der Waals surface area contributed by atoms with E-state index in [1.165, 1.54) is 11.8 Å². The third kappa shape index (κ3) is 3.12. The molecule has 0 N–H and O–H groups in total. The van der Waals surface area contributed by atoms with Crippen molar-refractivity contribution in [1.29, 1.82) is 0 Å². The largest absolute Gasteiger partial charge is 0.445 e. The quantitative estimate of drug-likeness (QED) is 0.644. The number of thioether (sulfide) groups is 1. The molecule has 0 aliphatic carbocycles. The van der Waals surface area contributed by atoms with Crippen molar-refractivity contribution in [2.75, 3.05) is 11.2 Å². The van der Waals surface area contributed by atoms with Crippen molar-refractivity contribution in [1.82, 2.24) is 20.2 Å². The van der Waals surface area contributed by atoms with Crippen LogP contribution in [-0.2, 0) is 4.79 Å². The Morgan fingerprint density at radius 2 is 2.00 bits per heavy atom. The van der Waals surface area contributed by atoms with Gasteiger partial charge in [0.25, 0.3) is 0 Å². The number of carbonyl (C=O) groups is 1. The number of hydrogen-bond acceptors (Lipinski definition) is 7. The number of nitrogens with zero attached hydrogens (tertiary/aromatic N) is 5. The molecule has 1 amide bonds. The Morgan fingerprint density at radius 1 is 1.19 bits per heavy atom. The molecule has 8 heteroatoms. The fourth-order valence-electron chi connectivity index (χ4n) is 2.95. The third-order valence-electron chi connectivity index (χ3n) is 4.21. The zero-order valence-corrected chi connectivity index (χ0v) is 15.7. The van der Waals surface area contributed by atoms with E-state index in [0.29, 0.717) is 34.5 Å². The topological polar surface area (TPSA) is 81.1 Å². The van der Waals surface area contributed by atoms with Gasteiger partial charge in [-0.2, -0.15) is 4.98 Å². The molecule has 0 bridgehead atoms. The predicted octanol–water partition coefficient (Wildman–Crippen LogP) is 3.49. The van der Waals surface area contributed by atoms with Gasteiger partial charge in [-0.05, 0) is 24.5 Å². The zero-order chi connectivity index (χ0) is 18.8. The summed E-state index contributed by atoms with van der Waals surface area (Å²) < 4.78 is 6.22. The van der Waals surface area contributed by atoms with Gasteiger partial charge in [-0.1, -0.05) is 43.0 Å². The molecule has 4 rings (SSSR count). The monoisotopic (exact) mass is 379 g/mol. The molecule has 0 radical (unpaired) electrons. The Kier molecular flexibility index (Phi) is 4.72. The van der Waals surface area contributed by atoms with Crippen molar-refractivity contribution >= 4 is 23.4 Å². The Morgan fingerprint density at radius 3 is 2.74 bits per heavy atom. The van der Waals surface area contributed by atoms with E-state index in [9.17, 15) is 4.79 Å². The lowest BCUT2D eigenvalue weighted by Gasteiger charge is -2.29. The minimum Gasteiger partial charge on any atom is -0.445 e. The SMILES string of the molecule is CCC(=O)N1c2ccccc2-c2nnc(SC)nc2O[C@@H]1c1ccccn1. The van der Waals surface area contributed by atoms with Gasteiger partial charge in [0.15, 0.2) is 5.69 Å². The van der Waals surface area contributed by atoms with Crippen molar-refractivity contribution in [2.24, 2.45) is 0 Å². The Balaban J connectivity index is 1.98. The van der Waals surface area contributed by atoms with E-state index < -0.39 is 6.23 Å². The first-order chi connectivity index (χ1) is 13.2. The van der Waals surface area contributed by atoms with Gasteiger partial charge in [0.2, 0.25) is 23.2 Å². The van der Waals surface area contributed by atoms with E-state index in [1.807, 2.05) is 55.6 Å². The van der Waals surface area contributed by atoms with Gasteiger partial charge in [0.05, 0.1) is 5.69 Å². The standard InChI is InChI=1S/C19H17N5O2S/c1-3-15(25)24-14-10-5-4-8-12(14)16-17(21-19(27-2)23-22-16)26-18(24)13-9-6-7-11-20-13/h4-11,18H,3H2,1-2H3/t18-/m1/s1. The number of benzene rings is 1. The van der Waals surface area contributed by atoms with Crippen LogP contribution in [0.25, 0.3) is 11.3 Å². The average molecular weight is 379 g/mol. The molecule has 3 aromatic rings. The van der Waals surface area contributed by atoms with Crippen LogP contribution in [0.3, 0.4) is 0 Å². The van der Waals surface area contributed by atoms with Gasteiger partial charge in [-0.3, -0.25) is 14.7 Å². The van der Waals surface area contributed by atoms with Crippen molar-refractivity contribution < 1.29 is 9.53 Å². The third-order valence-corrected chi connectivity index (χ3v) is 4.74. The number of anilines is 1. The summed E-state index contributed by atoms with van der Waals surface area (Å²) in [6, 6.07) is 13.1. The maximum absolute atomic E-state index is 12.9. The lowest BCUT2D eigenvalue weighted by molar-refractivity contribution is -0.120. The summed E-state index contributed by atoms with van der Waals surface area (Å²) >= 11 is 1.38. The number of ether oxygens (including phenoxy) is 1. The molecule has 0 unspecified atom stereocenters. The molecule has 136 valence electrons. The highest BCUT2D eigenvalue weighted by Crippen LogP contribution is 2.43. The van der Waals surface area contributed by atoms with Crippen LogP contribution in [0.4, 0.5) is 5.69 Å². The summed E-state index contributed by atoms with van der Waals surface area (Å²) in [4.78, 5) is 23.4. The minimum atomic E-state index is -0.743. The molecule has 0 fully saturated rings. The molecular formula is C19H17N5O2S. The normalized spacial score (nSPS) is 15.3. The maximum atomic E-state index is 12.9. The van der Waals surface area contributed by atoms with Gasteiger partial charge >= 0.3 is 0 Å². The number of carbonyl (C=O) groups excluding carboxylic acids is 1. The molecule has 1 aromatic carbocycles. The molecule has 0 saturated carbocycles. The van der Waals surface area contributed by atoms with E-state index in [4.69, 9.17) is 4.74 Å².